The molecule has 25 heavy (non-hydrogen) atoms. The molecular formula is C24H28Fe. The van der Waals surface area contributed by atoms with E-state index in [-0.39, 0.29) is 17.1 Å². The summed E-state index contributed by atoms with van der Waals surface area (Å²) in [7, 11) is 0. The molecule has 0 radical (unpaired) electrons. The second-order valence-electron chi connectivity index (χ2n) is 5.29. The summed E-state index contributed by atoms with van der Waals surface area (Å²) in [5.41, 5.74) is 3.99. The quantitative estimate of drug-likeness (QED) is 0.442. The van der Waals surface area contributed by atoms with Crippen LogP contribution in [0.1, 0.15) is 30.5 Å². The monoisotopic (exact) mass is 372 g/mol. The van der Waals surface area contributed by atoms with Crippen LogP contribution in [-0.2, 0) is 29.9 Å². The normalized spacial score (nSPS) is 8.56. The van der Waals surface area contributed by atoms with Gasteiger partial charge in [0.2, 0.25) is 0 Å². The average molecular weight is 372 g/mol. The first-order valence-corrected chi connectivity index (χ1v) is 8.55. The molecule has 0 fully saturated rings. The van der Waals surface area contributed by atoms with Gasteiger partial charge < -0.3 is 0 Å². The minimum atomic E-state index is 0. The van der Waals surface area contributed by atoms with Crippen LogP contribution < -0.4 is 0 Å². The van der Waals surface area contributed by atoms with Crippen molar-refractivity contribution in [3.8, 4) is 0 Å². The van der Waals surface area contributed by atoms with Gasteiger partial charge >= 0.3 is 0 Å². The Morgan fingerprint density at radius 3 is 1.12 bits per heavy atom. The van der Waals surface area contributed by atoms with E-state index in [4.69, 9.17) is 0 Å². The van der Waals surface area contributed by atoms with Gasteiger partial charge in [0.25, 0.3) is 0 Å². The molecule has 0 bridgehead atoms. The molecule has 0 atom stereocenters. The number of benzene rings is 3. The molecule has 132 valence electrons. The van der Waals surface area contributed by atoms with Crippen LogP contribution in [0.3, 0.4) is 0 Å². The van der Waals surface area contributed by atoms with E-state index in [9.17, 15) is 0 Å². The third-order valence-corrected chi connectivity index (χ3v) is 3.54. The molecule has 0 aliphatic carbocycles. The molecule has 3 aromatic rings. The molecule has 0 saturated heterocycles. The van der Waals surface area contributed by atoms with Crippen LogP contribution in [0, 0.1) is 0 Å². The van der Waals surface area contributed by atoms with Crippen molar-refractivity contribution in [1.82, 2.24) is 0 Å². The summed E-state index contributed by atoms with van der Waals surface area (Å²) < 4.78 is 0. The third-order valence-electron chi connectivity index (χ3n) is 3.54. The van der Waals surface area contributed by atoms with Gasteiger partial charge in [-0.25, -0.2) is 0 Å². The van der Waals surface area contributed by atoms with Gasteiger partial charge in [-0.2, -0.15) is 0 Å². The molecule has 0 aliphatic heterocycles. The summed E-state index contributed by atoms with van der Waals surface area (Å²) in [5.74, 6) is 0. The molecule has 0 saturated carbocycles. The molecule has 0 aliphatic rings. The summed E-state index contributed by atoms with van der Waals surface area (Å²) in [6.07, 6.45) is 4.11. The summed E-state index contributed by atoms with van der Waals surface area (Å²) >= 11 is 0. The molecule has 0 amide bonds. The van der Waals surface area contributed by atoms with Crippen molar-refractivity contribution in [2.45, 2.75) is 26.7 Å². The van der Waals surface area contributed by atoms with Crippen molar-refractivity contribution in [2.75, 3.05) is 0 Å². The number of rotatable bonds is 3. The van der Waals surface area contributed by atoms with Crippen molar-refractivity contribution in [3.05, 3.63) is 114 Å². The van der Waals surface area contributed by atoms with E-state index in [2.05, 4.69) is 69.0 Å². The Hall–Kier alpha value is -2.08. The molecule has 0 heterocycles. The van der Waals surface area contributed by atoms with Crippen LogP contribution >= 0.6 is 0 Å². The van der Waals surface area contributed by atoms with Crippen molar-refractivity contribution in [1.29, 1.82) is 0 Å². The van der Waals surface area contributed by atoms with Gasteiger partial charge in [-0.05, 0) is 29.5 Å². The average Bonchev–Trinajstić information content (AvgIpc) is 2.71. The first kappa shape index (κ1) is 22.9. The Morgan fingerprint density at radius 1 is 0.600 bits per heavy atom. The Morgan fingerprint density at radius 2 is 0.920 bits per heavy atom. The molecule has 3 rings (SSSR count). The summed E-state index contributed by atoms with van der Waals surface area (Å²) in [5, 5.41) is 0. The first-order valence-electron chi connectivity index (χ1n) is 8.55. The number of aryl methyl sites for hydroxylation is 2. The van der Waals surface area contributed by atoms with Crippen LogP contribution in [0.25, 0.3) is 6.08 Å². The Bertz CT molecular complexity index is 606. The van der Waals surface area contributed by atoms with Gasteiger partial charge in [0.1, 0.15) is 0 Å². The van der Waals surface area contributed by atoms with E-state index < -0.39 is 0 Å². The molecular weight excluding hydrogens is 344 g/mol. The Labute approximate surface area is 164 Å². The van der Waals surface area contributed by atoms with Crippen molar-refractivity contribution in [2.24, 2.45) is 0 Å². The van der Waals surface area contributed by atoms with Gasteiger partial charge in [-0.15, -0.1) is 0 Å². The second-order valence-corrected chi connectivity index (χ2v) is 5.29. The second kappa shape index (κ2) is 15.4. The van der Waals surface area contributed by atoms with Gasteiger partial charge in [0.15, 0.2) is 0 Å². The summed E-state index contributed by atoms with van der Waals surface area (Å²) in [4.78, 5) is 0. The maximum absolute atomic E-state index is 3.63. The fraction of sp³-hybridized carbons (Fsp3) is 0.167. The summed E-state index contributed by atoms with van der Waals surface area (Å²) in [6, 6.07) is 30.9. The predicted molar refractivity (Wildman–Crippen MR) is 108 cm³/mol. The fourth-order valence-electron chi connectivity index (χ4n) is 2.02. The molecule has 0 aromatic heterocycles. The molecule has 1 heteroatoms. The van der Waals surface area contributed by atoms with Crippen LogP contribution in [0.2, 0.25) is 0 Å². The van der Waals surface area contributed by atoms with Gasteiger partial charge in [-0.1, -0.05) is 117 Å². The van der Waals surface area contributed by atoms with Crippen LogP contribution in [0.15, 0.2) is 97.6 Å². The van der Waals surface area contributed by atoms with Gasteiger partial charge in [0, 0.05) is 17.1 Å². The zero-order valence-corrected chi connectivity index (χ0v) is 16.3. The maximum atomic E-state index is 3.63. The summed E-state index contributed by atoms with van der Waals surface area (Å²) in [6.45, 7) is 7.96. The first-order chi connectivity index (χ1) is 11.8. The topological polar surface area (TPSA) is 0 Å². The van der Waals surface area contributed by atoms with E-state index in [1.807, 2.05) is 48.5 Å². The fourth-order valence-corrected chi connectivity index (χ4v) is 2.02. The van der Waals surface area contributed by atoms with E-state index >= 15 is 0 Å². The van der Waals surface area contributed by atoms with Crippen molar-refractivity contribution < 1.29 is 17.1 Å². The molecule has 0 spiro atoms. The van der Waals surface area contributed by atoms with E-state index in [0.717, 1.165) is 12.8 Å². The smallest absolute Gasteiger partial charge is 0 e. The maximum Gasteiger partial charge on any atom is 0 e. The third kappa shape index (κ3) is 11.2. The van der Waals surface area contributed by atoms with Crippen molar-refractivity contribution >= 4 is 6.08 Å². The molecule has 0 nitrogen and oxygen atoms in total. The largest absolute Gasteiger partial charge is 0.0985 e. The molecule has 0 N–H and O–H groups in total. The Balaban J connectivity index is 0.000000339. The van der Waals surface area contributed by atoms with Gasteiger partial charge in [0.05, 0.1) is 0 Å². The predicted octanol–water partition coefficient (Wildman–Crippen LogP) is 6.83. The SMILES string of the molecule is C=Cc1ccccc1.CCc1ccccc1.CCc1ccccc1.[Fe]. The van der Waals surface area contributed by atoms with Crippen LogP contribution in [0.4, 0.5) is 0 Å². The zero-order chi connectivity index (χ0) is 17.5. The Kier molecular flexibility index (Phi) is 14.2. The molecule has 0 unspecified atom stereocenters. The van der Waals surface area contributed by atoms with Crippen LogP contribution in [0.5, 0.6) is 0 Å². The van der Waals surface area contributed by atoms with Crippen molar-refractivity contribution in [3.63, 3.8) is 0 Å². The number of hydrogen-bond acceptors (Lipinski definition) is 0. The van der Waals surface area contributed by atoms with Gasteiger partial charge in [-0.3, -0.25) is 0 Å². The number of hydrogen-bond donors (Lipinski definition) is 0. The van der Waals surface area contributed by atoms with Crippen LogP contribution in [-0.4, -0.2) is 0 Å². The molecule has 3 aromatic carbocycles. The standard InChI is InChI=1S/2C8H10.C8H8.Fe/c3*1-2-8-6-4-3-5-7-8;/h2*3-7H,2H2,1H3;2-7H,1H2;. The minimum absolute atomic E-state index is 0. The zero-order valence-electron chi connectivity index (χ0n) is 15.2. The minimum Gasteiger partial charge on any atom is -0.0985 e. The van der Waals surface area contributed by atoms with E-state index in [0.29, 0.717) is 0 Å². The van der Waals surface area contributed by atoms with E-state index in [1.54, 1.807) is 0 Å². The van der Waals surface area contributed by atoms with E-state index in [1.165, 1.54) is 16.7 Å².